The molecule has 1 aromatic rings. The van der Waals surface area contributed by atoms with Crippen molar-refractivity contribution >= 4 is 40.2 Å². The molecule has 0 atom stereocenters. The van der Waals surface area contributed by atoms with Gasteiger partial charge in [0, 0.05) is 19.6 Å². The molecule has 1 aliphatic rings. The molecule has 0 radical (unpaired) electrons. The minimum absolute atomic E-state index is 0.161. The smallest absolute Gasteiger partial charge is 0.321 e. The van der Waals surface area contributed by atoms with Gasteiger partial charge in [0.1, 0.15) is 4.32 Å². The number of nitrogens with one attached hydrogen (secondary N) is 2. The van der Waals surface area contributed by atoms with Gasteiger partial charge < -0.3 is 10.2 Å². The first kappa shape index (κ1) is 16.8. The van der Waals surface area contributed by atoms with E-state index in [0.717, 1.165) is 35.8 Å². The number of thioether (sulfide) groups is 1. The molecule has 1 aromatic carbocycles. The third-order valence-electron chi connectivity index (χ3n) is 3.24. The van der Waals surface area contributed by atoms with E-state index in [1.54, 1.807) is 0 Å². The third-order valence-corrected chi connectivity index (χ3v) is 4.76. The summed E-state index contributed by atoms with van der Waals surface area (Å²) in [5.41, 5.74) is 0.981. The molecular formula is C15H19N3O2S2. The lowest BCUT2D eigenvalue weighted by atomic mass is 10.2. The van der Waals surface area contributed by atoms with Gasteiger partial charge in [0.05, 0.1) is 5.75 Å². The standard InChI is InChI=1S/C15H19N3O2S2/c19-13(11-22-15(21)18-8-4-5-9-18)17-14(20)16-10-12-6-2-1-3-7-12/h1-3,6-7H,4-5,8-11H2,(H2,16,17,19,20). The lowest BCUT2D eigenvalue weighted by molar-refractivity contribution is -0.117. The summed E-state index contributed by atoms with van der Waals surface area (Å²) in [7, 11) is 0. The van der Waals surface area contributed by atoms with Gasteiger partial charge in [0.15, 0.2) is 0 Å². The van der Waals surface area contributed by atoms with Gasteiger partial charge in [-0.15, -0.1) is 0 Å². The van der Waals surface area contributed by atoms with E-state index in [4.69, 9.17) is 12.2 Å². The molecule has 1 fully saturated rings. The third kappa shape index (κ3) is 5.65. The van der Waals surface area contributed by atoms with Gasteiger partial charge in [-0.3, -0.25) is 10.1 Å². The van der Waals surface area contributed by atoms with Crippen molar-refractivity contribution in [1.82, 2.24) is 15.5 Å². The van der Waals surface area contributed by atoms with Gasteiger partial charge in [-0.25, -0.2) is 4.79 Å². The molecule has 2 N–H and O–H groups in total. The van der Waals surface area contributed by atoms with Crippen molar-refractivity contribution in [2.45, 2.75) is 19.4 Å². The minimum Gasteiger partial charge on any atom is -0.358 e. The van der Waals surface area contributed by atoms with Crippen LogP contribution in [0.2, 0.25) is 0 Å². The van der Waals surface area contributed by atoms with Gasteiger partial charge >= 0.3 is 6.03 Å². The first-order valence-electron chi connectivity index (χ1n) is 7.18. The normalized spacial score (nSPS) is 13.7. The molecule has 2 rings (SSSR count). The number of carbonyl (C=O) groups is 2. The summed E-state index contributed by atoms with van der Waals surface area (Å²) in [6, 6.07) is 9.04. The summed E-state index contributed by atoms with van der Waals surface area (Å²) < 4.78 is 0.734. The Morgan fingerprint density at radius 2 is 1.86 bits per heavy atom. The number of urea groups is 1. The number of hydrogen-bond donors (Lipinski definition) is 2. The van der Waals surface area contributed by atoms with Gasteiger partial charge in [0.25, 0.3) is 0 Å². The number of carbonyl (C=O) groups excluding carboxylic acids is 2. The Kier molecular flexibility index (Phi) is 6.67. The number of hydrogen-bond acceptors (Lipinski definition) is 4. The minimum atomic E-state index is -0.485. The number of likely N-dealkylation sites (tertiary alicyclic amines) is 1. The van der Waals surface area contributed by atoms with Crippen LogP contribution in [0.4, 0.5) is 4.79 Å². The van der Waals surface area contributed by atoms with Gasteiger partial charge in [-0.05, 0) is 18.4 Å². The fraction of sp³-hybridized carbons (Fsp3) is 0.400. The van der Waals surface area contributed by atoms with E-state index in [9.17, 15) is 9.59 Å². The Balaban J connectivity index is 1.63. The lowest BCUT2D eigenvalue weighted by Crippen LogP contribution is -2.40. The van der Waals surface area contributed by atoms with Crippen LogP contribution in [-0.4, -0.2) is 40.0 Å². The van der Waals surface area contributed by atoms with Crippen LogP contribution in [0.3, 0.4) is 0 Å². The zero-order valence-corrected chi connectivity index (χ0v) is 13.8. The molecular weight excluding hydrogens is 318 g/mol. The molecule has 7 heteroatoms. The Morgan fingerprint density at radius 3 is 2.55 bits per heavy atom. The summed E-state index contributed by atoms with van der Waals surface area (Å²) in [4.78, 5) is 25.4. The van der Waals surface area contributed by atoms with Crippen LogP contribution in [0.1, 0.15) is 18.4 Å². The van der Waals surface area contributed by atoms with Gasteiger partial charge in [-0.2, -0.15) is 0 Å². The summed E-state index contributed by atoms with van der Waals surface area (Å²) in [6.45, 7) is 2.31. The van der Waals surface area contributed by atoms with Crippen LogP contribution in [-0.2, 0) is 11.3 Å². The average Bonchev–Trinajstić information content (AvgIpc) is 3.06. The maximum absolute atomic E-state index is 11.7. The van der Waals surface area contributed by atoms with E-state index in [2.05, 4.69) is 15.5 Å². The highest BCUT2D eigenvalue weighted by molar-refractivity contribution is 8.23. The predicted octanol–water partition coefficient (Wildman–Crippen LogP) is 2.13. The number of thiocarbonyl (C=S) groups is 1. The molecule has 22 heavy (non-hydrogen) atoms. The first-order valence-corrected chi connectivity index (χ1v) is 8.58. The molecule has 1 heterocycles. The molecule has 5 nitrogen and oxygen atoms in total. The fourth-order valence-corrected chi connectivity index (χ4v) is 3.15. The SMILES string of the molecule is O=C(CSC(=S)N1CCCC1)NC(=O)NCc1ccccc1. The second-order valence-corrected chi connectivity index (χ2v) is 6.57. The highest BCUT2D eigenvalue weighted by Crippen LogP contribution is 2.15. The molecule has 1 saturated heterocycles. The Bertz CT molecular complexity index is 531. The number of rotatable bonds is 4. The molecule has 0 spiro atoms. The molecule has 0 aliphatic carbocycles. The Hall–Kier alpha value is -1.60. The van der Waals surface area contributed by atoms with E-state index in [1.165, 1.54) is 11.8 Å². The number of nitrogens with zero attached hydrogens (tertiary/aromatic N) is 1. The molecule has 0 saturated carbocycles. The summed E-state index contributed by atoms with van der Waals surface area (Å²) >= 11 is 6.57. The van der Waals surface area contributed by atoms with Crippen molar-refractivity contribution in [1.29, 1.82) is 0 Å². The number of benzene rings is 1. The van der Waals surface area contributed by atoms with Crippen LogP contribution in [0.25, 0.3) is 0 Å². The first-order chi connectivity index (χ1) is 10.6. The number of amides is 3. The van der Waals surface area contributed by atoms with E-state index in [1.807, 2.05) is 30.3 Å². The van der Waals surface area contributed by atoms with Crippen molar-refractivity contribution in [3.05, 3.63) is 35.9 Å². The lowest BCUT2D eigenvalue weighted by Gasteiger charge is -2.17. The zero-order valence-electron chi connectivity index (χ0n) is 12.2. The largest absolute Gasteiger partial charge is 0.358 e. The van der Waals surface area contributed by atoms with E-state index >= 15 is 0 Å². The van der Waals surface area contributed by atoms with Crippen molar-refractivity contribution in [2.75, 3.05) is 18.8 Å². The molecule has 0 aromatic heterocycles. The Morgan fingerprint density at radius 1 is 1.18 bits per heavy atom. The topological polar surface area (TPSA) is 61.4 Å². The molecule has 0 bridgehead atoms. The molecule has 3 amide bonds. The maximum atomic E-state index is 11.7. The van der Waals surface area contributed by atoms with Crippen molar-refractivity contribution in [3.63, 3.8) is 0 Å². The maximum Gasteiger partial charge on any atom is 0.321 e. The molecule has 118 valence electrons. The second kappa shape index (κ2) is 8.75. The second-order valence-electron chi connectivity index (χ2n) is 4.97. The van der Waals surface area contributed by atoms with Crippen LogP contribution in [0, 0.1) is 0 Å². The van der Waals surface area contributed by atoms with Crippen molar-refractivity contribution in [2.24, 2.45) is 0 Å². The summed E-state index contributed by atoms with van der Waals surface area (Å²) in [6.07, 6.45) is 2.30. The fourth-order valence-electron chi connectivity index (χ4n) is 2.10. The van der Waals surface area contributed by atoms with E-state index in [0.29, 0.717) is 6.54 Å². The average molecular weight is 337 g/mol. The quantitative estimate of drug-likeness (QED) is 0.824. The zero-order chi connectivity index (χ0) is 15.8. The van der Waals surface area contributed by atoms with Crippen molar-refractivity contribution in [3.8, 4) is 0 Å². The summed E-state index contributed by atoms with van der Waals surface area (Å²) in [5.74, 6) is -0.175. The van der Waals surface area contributed by atoms with Crippen LogP contribution < -0.4 is 10.6 Å². The van der Waals surface area contributed by atoms with Crippen molar-refractivity contribution < 1.29 is 9.59 Å². The van der Waals surface area contributed by atoms with E-state index in [-0.39, 0.29) is 11.7 Å². The molecule has 0 unspecified atom stereocenters. The van der Waals surface area contributed by atoms with E-state index < -0.39 is 6.03 Å². The Labute approximate surface area is 139 Å². The summed E-state index contributed by atoms with van der Waals surface area (Å²) in [5, 5.41) is 4.96. The number of imide groups is 1. The highest BCUT2D eigenvalue weighted by atomic mass is 32.2. The van der Waals surface area contributed by atoms with Crippen LogP contribution >= 0.6 is 24.0 Å². The van der Waals surface area contributed by atoms with Crippen LogP contribution in [0.15, 0.2) is 30.3 Å². The molecule has 1 aliphatic heterocycles. The highest BCUT2D eigenvalue weighted by Gasteiger charge is 2.16. The monoisotopic (exact) mass is 337 g/mol. The predicted molar refractivity (Wildman–Crippen MR) is 92.7 cm³/mol. The van der Waals surface area contributed by atoms with Gasteiger partial charge in [0.2, 0.25) is 5.91 Å². The van der Waals surface area contributed by atoms with Gasteiger partial charge in [-0.1, -0.05) is 54.3 Å². The van der Waals surface area contributed by atoms with Crippen LogP contribution in [0.5, 0.6) is 0 Å².